The number of piperidine rings is 1. The lowest BCUT2D eigenvalue weighted by atomic mass is 9.78. The van der Waals surface area contributed by atoms with Gasteiger partial charge < -0.3 is 10.2 Å². The van der Waals surface area contributed by atoms with Crippen LogP contribution in [0.4, 0.5) is 0 Å². The van der Waals surface area contributed by atoms with Crippen molar-refractivity contribution in [2.24, 2.45) is 17.8 Å². The van der Waals surface area contributed by atoms with E-state index >= 15 is 0 Å². The molecule has 1 heterocycles. The third-order valence-corrected chi connectivity index (χ3v) is 5.35. The van der Waals surface area contributed by atoms with Gasteiger partial charge >= 0.3 is 0 Å². The highest BCUT2D eigenvalue weighted by Crippen LogP contribution is 2.30. The van der Waals surface area contributed by atoms with E-state index in [1.54, 1.807) is 6.92 Å². The average molecular weight is 280 g/mol. The molecule has 1 aliphatic heterocycles. The van der Waals surface area contributed by atoms with Crippen molar-refractivity contribution in [2.45, 2.75) is 58.9 Å². The second-order valence-corrected chi connectivity index (χ2v) is 6.66. The Hall–Kier alpha value is -1.06. The van der Waals surface area contributed by atoms with Crippen molar-refractivity contribution in [2.75, 3.05) is 13.1 Å². The Balaban J connectivity index is 1.82. The van der Waals surface area contributed by atoms with Crippen LogP contribution in [0.3, 0.4) is 0 Å². The third kappa shape index (κ3) is 3.53. The van der Waals surface area contributed by atoms with Gasteiger partial charge in [-0.2, -0.15) is 0 Å². The first-order chi connectivity index (χ1) is 9.49. The minimum Gasteiger partial charge on any atom is -0.353 e. The van der Waals surface area contributed by atoms with E-state index in [0.717, 1.165) is 32.4 Å². The van der Waals surface area contributed by atoms with Crippen molar-refractivity contribution in [3.8, 4) is 0 Å². The van der Waals surface area contributed by atoms with E-state index in [9.17, 15) is 9.59 Å². The van der Waals surface area contributed by atoms with Gasteiger partial charge in [0.1, 0.15) is 0 Å². The molecule has 0 aromatic heterocycles. The Labute approximate surface area is 122 Å². The molecule has 1 saturated heterocycles. The molecule has 1 saturated carbocycles. The number of amides is 2. The average Bonchev–Trinajstić information content (AvgIpc) is 2.44. The molecule has 1 N–H and O–H groups in total. The Kier molecular flexibility index (Phi) is 5.06. The maximum absolute atomic E-state index is 12.4. The quantitative estimate of drug-likeness (QED) is 0.843. The van der Waals surface area contributed by atoms with Gasteiger partial charge in [0, 0.05) is 32.0 Å². The lowest BCUT2D eigenvalue weighted by Gasteiger charge is -2.36. The van der Waals surface area contributed by atoms with Crippen molar-refractivity contribution in [3.05, 3.63) is 0 Å². The predicted octanol–water partition coefficient (Wildman–Crippen LogP) is 2.19. The molecule has 4 nitrogen and oxygen atoms in total. The molecule has 3 atom stereocenters. The second kappa shape index (κ2) is 6.59. The van der Waals surface area contributed by atoms with Gasteiger partial charge in [0.05, 0.1) is 0 Å². The first-order valence-electron chi connectivity index (χ1n) is 8.05. The van der Waals surface area contributed by atoms with Crippen molar-refractivity contribution in [1.82, 2.24) is 10.2 Å². The molecule has 2 fully saturated rings. The molecule has 0 bridgehead atoms. The van der Waals surface area contributed by atoms with Gasteiger partial charge in [-0.1, -0.05) is 26.7 Å². The van der Waals surface area contributed by atoms with Crippen molar-refractivity contribution < 1.29 is 9.59 Å². The summed E-state index contributed by atoms with van der Waals surface area (Å²) in [5.74, 6) is 1.70. The summed E-state index contributed by atoms with van der Waals surface area (Å²) < 4.78 is 0. The summed E-state index contributed by atoms with van der Waals surface area (Å²) in [6, 6.07) is 0.345. The van der Waals surface area contributed by atoms with Gasteiger partial charge in [0.2, 0.25) is 11.8 Å². The fourth-order valence-electron chi connectivity index (χ4n) is 3.54. The van der Waals surface area contributed by atoms with Crippen LogP contribution >= 0.6 is 0 Å². The fourth-order valence-corrected chi connectivity index (χ4v) is 3.54. The predicted molar refractivity (Wildman–Crippen MR) is 79.1 cm³/mol. The molecule has 0 aromatic carbocycles. The Morgan fingerprint density at radius 3 is 2.30 bits per heavy atom. The number of hydrogen-bond acceptors (Lipinski definition) is 2. The van der Waals surface area contributed by atoms with Gasteiger partial charge in [-0.15, -0.1) is 0 Å². The number of nitrogens with zero attached hydrogens (tertiary/aromatic N) is 1. The van der Waals surface area contributed by atoms with E-state index in [0.29, 0.717) is 17.9 Å². The summed E-state index contributed by atoms with van der Waals surface area (Å²) in [6.45, 7) is 7.60. The van der Waals surface area contributed by atoms with Gasteiger partial charge in [0.15, 0.2) is 0 Å². The van der Waals surface area contributed by atoms with E-state index in [1.165, 1.54) is 12.8 Å². The standard InChI is InChI=1S/C16H28N2O2/c1-11-5-4-6-15(12(11)2)17-16(20)14-7-9-18(10-8-14)13(3)19/h11-12,14-15H,4-10H2,1-3H3,(H,17,20). The van der Waals surface area contributed by atoms with Crippen LogP contribution in [-0.4, -0.2) is 35.8 Å². The van der Waals surface area contributed by atoms with Crippen LogP contribution in [0, 0.1) is 17.8 Å². The second-order valence-electron chi connectivity index (χ2n) is 6.66. The van der Waals surface area contributed by atoms with E-state index in [2.05, 4.69) is 19.2 Å². The smallest absolute Gasteiger partial charge is 0.223 e. The topological polar surface area (TPSA) is 49.4 Å². The minimum absolute atomic E-state index is 0.0926. The monoisotopic (exact) mass is 280 g/mol. The Bertz CT molecular complexity index is 361. The van der Waals surface area contributed by atoms with Crippen molar-refractivity contribution in [3.63, 3.8) is 0 Å². The molecule has 0 spiro atoms. The molecule has 4 heteroatoms. The largest absolute Gasteiger partial charge is 0.353 e. The number of carbonyl (C=O) groups is 2. The molecular formula is C16H28N2O2. The van der Waals surface area contributed by atoms with Gasteiger partial charge in [-0.05, 0) is 31.1 Å². The van der Waals surface area contributed by atoms with Gasteiger partial charge in [0.25, 0.3) is 0 Å². The van der Waals surface area contributed by atoms with Crippen LogP contribution in [0.15, 0.2) is 0 Å². The number of likely N-dealkylation sites (tertiary alicyclic amines) is 1. The SMILES string of the molecule is CC(=O)N1CCC(C(=O)NC2CCCC(C)C2C)CC1. The Morgan fingerprint density at radius 1 is 1.05 bits per heavy atom. The van der Waals surface area contributed by atoms with Crippen LogP contribution in [0.25, 0.3) is 0 Å². The molecule has 114 valence electrons. The molecule has 2 rings (SSSR count). The highest BCUT2D eigenvalue weighted by Gasteiger charge is 2.31. The highest BCUT2D eigenvalue weighted by atomic mass is 16.2. The fraction of sp³-hybridized carbons (Fsp3) is 0.875. The molecule has 3 unspecified atom stereocenters. The molecule has 0 radical (unpaired) electrons. The van der Waals surface area contributed by atoms with Crippen molar-refractivity contribution in [1.29, 1.82) is 0 Å². The van der Waals surface area contributed by atoms with E-state index < -0.39 is 0 Å². The number of nitrogens with one attached hydrogen (secondary N) is 1. The first-order valence-corrected chi connectivity index (χ1v) is 8.05. The number of rotatable bonds is 2. The number of hydrogen-bond donors (Lipinski definition) is 1. The summed E-state index contributed by atoms with van der Waals surface area (Å²) in [7, 11) is 0. The highest BCUT2D eigenvalue weighted by molar-refractivity contribution is 5.79. The van der Waals surface area contributed by atoms with Crippen molar-refractivity contribution >= 4 is 11.8 Å². The van der Waals surface area contributed by atoms with Crippen LogP contribution < -0.4 is 5.32 Å². The van der Waals surface area contributed by atoms with Crippen LogP contribution in [0.1, 0.15) is 52.9 Å². The lowest BCUT2D eigenvalue weighted by Crippen LogP contribution is -2.48. The first kappa shape index (κ1) is 15.3. The summed E-state index contributed by atoms with van der Waals surface area (Å²) in [5, 5.41) is 3.27. The summed E-state index contributed by atoms with van der Waals surface area (Å²) >= 11 is 0. The summed E-state index contributed by atoms with van der Waals surface area (Å²) in [6.07, 6.45) is 5.23. The van der Waals surface area contributed by atoms with Crippen LogP contribution in [0.2, 0.25) is 0 Å². The van der Waals surface area contributed by atoms with E-state index in [-0.39, 0.29) is 17.7 Å². The van der Waals surface area contributed by atoms with Crippen LogP contribution in [0.5, 0.6) is 0 Å². The zero-order valence-electron chi connectivity index (χ0n) is 13.0. The minimum atomic E-state index is 0.0926. The maximum atomic E-state index is 12.4. The lowest BCUT2D eigenvalue weighted by molar-refractivity contribution is -0.134. The normalized spacial score (nSPS) is 31.9. The zero-order chi connectivity index (χ0) is 14.7. The van der Waals surface area contributed by atoms with Crippen LogP contribution in [-0.2, 0) is 9.59 Å². The molecule has 2 aliphatic rings. The molecule has 20 heavy (non-hydrogen) atoms. The molecule has 0 aromatic rings. The van der Waals surface area contributed by atoms with E-state index in [1.807, 2.05) is 4.90 Å². The summed E-state index contributed by atoms with van der Waals surface area (Å²) in [5.41, 5.74) is 0. The molecule has 1 aliphatic carbocycles. The zero-order valence-corrected chi connectivity index (χ0v) is 13.0. The summed E-state index contributed by atoms with van der Waals surface area (Å²) in [4.78, 5) is 25.5. The molecular weight excluding hydrogens is 252 g/mol. The van der Waals surface area contributed by atoms with Gasteiger partial charge in [-0.3, -0.25) is 9.59 Å². The van der Waals surface area contributed by atoms with Gasteiger partial charge in [-0.25, -0.2) is 0 Å². The Morgan fingerprint density at radius 2 is 1.70 bits per heavy atom. The maximum Gasteiger partial charge on any atom is 0.223 e. The molecule has 2 amide bonds. The third-order valence-electron chi connectivity index (χ3n) is 5.35. The number of carbonyl (C=O) groups excluding carboxylic acids is 2. The van der Waals surface area contributed by atoms with E-state index in [4.69, 9.17) is 0 Å².